The first-order valence-electron chi connectivity index (χ1n) is 7.78. The molecule has 0 atom stereocenters. The number of nitrogens with one attached hydrogen (secondary N) is 2. The molecule has 0 bridgehead atoms. The number of methoxy groups -OCH3 is 1. The Labute approximate surface area is 140 Å². The van der Waals surface area contributed by atoms with Gasteiger partial charge in [-0.25, -0.2) is 0 Å². The minimum atomic E-state index is -0.964. The summed E-state index contributed by atoms with van der Waals surface area (Å²) in [6, 6.07) is 12.5. The van der Waals surface area contributed by atoms with Crippen molar-refractivity contribution < 1.29 is 14.3 Å². The van der Waals surface area contributed by atoms with Crippen molar-refractivity contribution in [3.8, 4) is 5.75 Å². The van der Waals surface area contributed by atoms with Gasteiger partial charge in [0.05, 0.1) is 19.3 Å². The number of rotatable bonds is 6. The topological polar surface area (TPSA) is 80.3 Å². The maximum Gasteiger partial charge on any atom is 0.240 e. The van der Waals surface area contributed by atoms with E-state index in [1.807, 2.05) is 18.2 Å². The second-order valence-corrected chi connectivity index (χ2v) is 5.77. The van der Waals surface area contributed by atoms with Gasteiger partial charge in [-0.1, -0.05) is 6.07 Å². The van der Waals surface area contributed by atoms with E-state index in [4.69, 9.17) is 4.74 Å². The van der Waals surface area contributed by atoms with Crippen molar-refractivity contribution in [1.82, 2.24) is 10.3 Å². The van der Waals surface area contributed by atoms with Crippen LogP contribution in [0.15, 0.2) is 48.7 Å². The zero-order chi connectivity index (χ0) is 17.0. The summed E-state index contributed by atoms with van der Waals surface area (Å²) in [5.41, 5.74) is 0.441. The van der Waals surface area contributed by atoms with E-state index in [0.717, 1.165) is 5.69 Å². The number of aromatic nitrogens is 1. The quantitative estimate of drug-likeness (QED) is 0.797. The number of benzene rings is 1. The van der Waals surface area contributed by atoms with Crippen LogP contribution in [-0.4, -0.2) is 23.9 Å². The summed E-state index contributed by atoms with van der Waals surface area (Å²) >= 11 is 0. The summed E-state index contributed by atoms with van der Waals surface area (Å²) < 4.78 is 5.08. The Morgan fingerprint density at radius 1 is 1.12 bits per heavy atom. The van der Waals surface area contributed by atoms with Crippen molar-refractivity contribution in [2.75, 3.05) is 12.4 Å². The molecule has 6 nitrogen and oxygen atoms in total. The second kappa shape index (κ2) is 6.70. The van der Waals surface area contributed by atoms with Crippen LogP contribution in [0, 0.1) is 5.41 Å². The zero-order valence-corrected chi connectivity index (χ0v) is 13.4. The average molecular weight is 325 g/mol. The minimum absolute atomic E-state index is 0.251. The molecule has 0 aliphatic heterocycles. The van der Waals surface area contributed by atoms with Crippen LogP contribution in [0.25, 0.3) is 0 Å². The molecule has 0 unspecified atom stereocenters. The number of nitrogens with zero attached hydrogens (tertiary/aromatic N) is 1. The number of anilines is 1. The van der Waals surface area contributed by atoms with Crippen molar-refractivity contribution in [3.63, 3.8) is 0 Å². The molecule has 1 aromatic heterocycles. The maximum absolute atomic E-state index is 12.5. The Kier molecular flexibility index (Phi) is 4.46. The molecule has 2 amide bonds. The molecule has 2 aromatic rings. The third-order valence-corrected chi connectivity index (χ3v) is 4.12. The third kappa shape index (κ3) is 3.37. The van der Waals surface area contributed by atoms with Gasteiger partial charge in [-0.05, 0) is 49.2 Å². The summed E-state index contributed by atoms with van der Waals surface area (Å²) in [5.74, 6) is 0.188. The number of carbonyl (C=O) groups is 2. The predicted octanol–water partition coefficient (Wildman–Crippen LogP) is 2.13. The molecule has 1 heterocycles. The van der Waals surface area contributed by atoms with Crippen LogP contribution >= 0.6 is 0 Å². The summed E-state index contributed by atoms with van der Waals surface area (Å²) in [5, 5.41) is 5.61. The minimum Gasteiger partial charge on any atom is -0.497 e. The van der Waals surface area contributed by atoms with Gasteiger partial charge in [-0.3, -0.25) is 14.6 Å². The lowest BCUT2D eigenvalue weighted by Crippen LogP contribution is -2.39. The van der Waals surface area contributed by atoms with Crippen molar-refractivity contribution >= 4 is 17.5 Å². The fraction of sp³-hybridized carbons (Fsp3) is 0.278. The molecule has 6 heteroatoms. The highest BCUT2D eigenvalue weighted by molar-refractivity contribution is 6.13. The number of carbonyl (C=O) groups excluding carboxylic acids is 2. The second-order valence-electron chi connectivity index (χ2n) is 5.77. The smallest absolute Gasteiger partial charge is 0.240 e. The van der Waals surface area contributed by atoms with Gasteiger partial charge in [0.2, 0.25) is 11.8 Å². The lowest BCUT2D eigenvalue weighted by atomic mass is 10.0. The number of amides is 2. The molecular weight excluding hydrogens is 306 g/mol. The first kappa shape index (κ1) is 16.0. The Morgan fingerprint density at radius 2 is 1.88 bits per heavy atom. The van der Waals surface area contributed by atoms with Crippen LogP contribution in [-0.2, 0) is 16.1 Å². The van der Waals surface area contributed by atoms with Crippen LogP contribution < -0.4 is 15.4 Å². The van der Waals surface area contributed by atoms with E-state index >= 15 is 0 Å². The monoisotopic (exact) mass is 325 g/mol. The van der Waals surface area contributed by atoms with Crippen molar-refractivity contribution in [2.24, 2.45) is 5.41 Å². The molecule has 2 N–H and O–H groups in total. The third-order valence-electron chi connectivity index (χ3n) is 4.12. The van der Waals surface area contributed by atoms with E-state index in [1.165, 1.54) is 0 Å². The van der Waals surface area contributed by atoms with Crippen molar-refractivity contribution in [2.45, 2.75) is 19.4 Å². The van der Waals surface area contributed by atoms with Crippen LogP contribution in [0.4, 0.5) is 5.69 Å². The maximum atomic E-state index is 12.5. The van der Waals surface area contributed by atoms with Gasteiger partial charge in [-0.15, -0.1) is 0 Å². The summed E-state index contributed by atoms with van der Waals surface area (Å²) in [6.45, 7) is 0.317. The van der Waals surface area contributed by atoms with Crippen molar-refractivity contribution in [1.29, 1.82) is 0 Å². The molecule has 1 aliphatic rings. The Bertz CT molecular complexity index is 725. The lowest BCUT2D eigenvalue weighted by Gasteiger charge is -2.15. The molecule has 1 aliphatic carbocycles. The Balaban J connectivity index is 1.59. The zero-order valence-electron chi connectivity index (χ0n) is 13.4. The summed E-state index contributed by atoms with van der Waals surface area (Å²) in [4.78, 5) is 29.1. The molecule has 1 saturated carbocycles. The summed E-state index contributed by atoms with van der Waals surface area (Å²) in [7, 11) is 1.58. The first-order valence-corrected chi connectivity index (χ1v) is 7.78. The van der Waals surface area contributed by atoms with Crippen LogP contribution in [0.3, 0.4) is 0 Å². The van der Waals surface area contributed by atoms with Crippen LogP contribution in [0.1, 0.15) is 18.5 Å². The number of hydrogen-bond acceptors (Lipinski definition) is 4. The van der Waals surface area contributed by atoms with Crippen LogP contribution in [0.5, 0.6) is 5.75 Å². The standard InChI is InChI=1S/C18H19N3O3/c1-24-15-7-5-13(6-8-15)21-17(23)18(9-10-18)16(22)20-12-14-4-2-3-11-19-14/h2-8,11H,9-10,12H2,1H3,(H,20,22)(H,21,23). The van der Waals surface area contributed by atoms with Gasteiger partial charge in [0.1, 0.15) is 11.2 Å². The highest BCUT2D eigenvalue weighted by atomic mass is 16.5. The lowest BCUT2D eigenvalue weighted by molar-refractivity contribution is -0.134. The molecule has 1 aromatic carbocycles. The molecule has 24 heavy (non-hydrogen) atoms. The SMILES string of the molecule is COc1ccc(NC(=O)C2(C(=O)NCc3ccccn3)CC2)cc1. The fourth-order valence-electron chi connectivity index (χ4n) is 2.45. The number of ether oxygens (including phenoxy) is 1. The number of pyridine rings is 1. The van der Waals surface area contributed by atoms with E-state index in [9.17, 15) is 9.59 Å². The van der Waals surface area contributed by atoms with Gasteiger partial charge >= 0.3 is 0 Å². The van der Waals surface area contributed by atoms with Gasteiger partial charge in [0.25, 0.3) is 0 Å². The van der Waals surface area contributed by atoms with E-state index in [-0.39, 0.29) is 11.8 Å². The van der Waals surface area contributed by atoms with Crippen LogP contribution in [0.2, 0.25) is 0 Å². The Morgan fingerprint density at radius 3 is 2.46 bits per heavy atom. The van der Waals surface area contributed by atoms with Gasteiger partial charge in [0, 0.05) is 11.9 Å². The molecule has 124 valence electrons. The van der Waals surface area contributed by atoms with E-state index < -0.39 is 5.41 Å². The first-order chi connectivity index (χ1) is 11.6. The molecule has 0 spiro atoms. The molecule has 0 radical (unpaired) electrons. The highest BCUT2D eigenvalue weighted by Crippen LogP contribution is 2.46. The predicted molar refractivity (Wildman–Crippen MR) is 89.4 cm³/mol. The van der Waals surface area contributed by atoms with E-state index in [0.29, 0.717) is 30.8 Å². The largest absolute Gasteiger partial charge is 0.497 e. The Hall–Kier alpha value is -2.89. The summed E-state index contributed by atoms with van der Waals surface area (Å²) in [6.07, 6.45) is 2.79. The van der Waals surface area contributed by atoms with Gasteiger partial charge in [0.15, 0.2) is 0 Å². The van der Waals surface area contributed by atoms with Crippen molar-refractivity contribution in [3.05, 3.63) is 54.4 Å². The van der Waals surface area contributed by atoms with Gasteiger partial charge < -0.3 is 15.4 Å². The molecular formula is C18H19N3O3. The van der Waals surface area contributed by atoms with Gasteiger partial charge in [-0.2, -0.15) is 0 Å². The van der Waals surface area contributed by atoms with E-state index in [1.54, 1.807) is 37.6 Å². The highest BCUT2D eigenvalue weighted by Gasteiger charge is 2.56. The normalized spacial score (nSPS) is 14.5. The molecule has 0 saturated heterocycles. The van der Waals surface area contributed by atoms with E-state index in [2.05, 4.69) is 15.6 Å². The molecule has 3 rings (SSSR count). The molecule has 1 fully saturated rings. The average Bonchev–Trinajstić information content (AvgIpc) is 3.43. The fourth-order valence-corrected chi connectivity index (χ4v) is 2.45. The number of hydrogen-bond donors (Lipinski definition) is 2.